The van der Waals surface area contributed by atoms with Gasteiger partial charge in [-0.25, -0.2) is 4.39 Å². The van der Waals surface area contributed by atoms with Crippen molar-refractivity contribution in [3.8, 4) is 5.75 Å². The first-order valence-electron chi connectivity index (χ1n) is 2.24. The summed E-state index contributed by atoms with van der Waals surface area (Å²) >= 11 is 0. The van der Waals surface area contributed by atoms with Crippen molar-refractivity contribution in [1.29, 1.82) is 0 Å². The summed E-state index contributed by atoms with van der Waals surface area (Å²) in [6, 6.07) is 5.60. The van der Waals surface area contributed by atoms with Gasteiger partial charge in [-0.05, 0) is 12.1 Å². The molecule has 0 aliphatic rings. The molecule has 44 valence electrons. The SMILES string of the molecule is Oc1ccccc1F.[NaH]. The zero-order chi connectivity index (χ0) is 5.98. The standard InChI is InChI=1S/C6H5FO.Na.H/c7-5-3-1-2-4-6(5)8;;/h1-4,8H;;. The van der Waals surface area contributed by atoms with Gasteiger partial charge in [0.2, 0.25) is 0 Å². The minimum absolute atomic E-state index is 0. The summed E-state index contributed by atoms with van der Waals surface area (Å²) in [4.78, 5) is 0. The Morgan fingerprint density at radius 2 is 1.78 bits per heavy atom. The molecule has 0 spiro atoms. The van der Waals surface area contributed by atoms with Crippen LogP contribution in [0.5, 0.6) is 5.75 Å². The number of aromatic hydroxyl groups is 1. The van der Waals surface area contributed by atoms with Crippen molar-refractivity contribution in [3.63, 3.8) is 0 Å². The summed E-state index contributed by atoms with van der Waals surface area (Å²) in [6.45, 7) is 0. The van der Waals surface area contributed by atoms with Crippen LogP contribution in [0.3, 0.4) is 0 Å². The molecule has 3 heteroatoms. The van der Waals surface area contributed by atoms with Gasteiger partial charge >= 0.3 is 29.6 Å². The molecule has 0 aliphatic carbocycles. The normalized spacial score (nSPS) is 8.11. The third-order valence-corrected chi connectivity index (χ3v) is 0.852. The van der Waals surface area contributed by atoms with Crippen molar-refractivity contribution < 1.29 is 9.50 Å². The van der Waals surface area contributed by atoms with E-state index in [2.05, 4.69) is 0 Å². The van der Waals surface area contributed by atoms with Crippen molar-refractivity contribution in [3.05, 3.63) is 30.1 Å². The van der Waals surface area contributed by atoms with E-state index >= 15 is 0 Å². The first kappa shape index (κ1) is 8.95. The van der Waals surface area contributed by atoms with E-state index < -0.39 is 5.82 Å². The molecule has 0 aromatic heterocycles. The Morgan fingerprint density at radius 1 is 1.22 bits per heavy atom. The van der Waals surface area contributed by atoms with E-state index in [1.54, 1.807) is 6.07 Å². The molecule has 1 N–H and O–H groups in total. The van der Waals surface area contributed by atoms with Crippen LogP contribution in [0.25, 0.3) is 0 Å². The van der Waals surface area contributed by atoms with Crippen LogP contribution in [0.4, 0.5) is 4.39 Å². The molecule has 9 heavy (non-hydrogen) atoms. The molecular formula is C6H6FNaO. The molecule has 1 aromatic carbocycles. The predicted molar refractivity (Wildman–Crippen MR) is 35.2 cm³/mol. The van der Waals surface area contributed by atoms with Crippen molar-refractivity contribution in [2.75, 3.05) is 0 Å². The van der Waals surface area contributed by atoms with E-state index in [0.29, 0.717) is 0 Å². The van der Waals surface area contributed by atoms with E-state index in [1.807, 2.05) is 0 Å². The molecule has 0 atom stereocenters. The second-order valence-electron chi connectivity index (χ2n) is 1.45. The van der Waals surface area contributed by atoms with Crippen LogP contribution in [-0.2, 0) is 0 Å². The molecule has 1 nitrogen and oxygen atoms in total. The fourth-order valence-corrected chi connectivity index (χ4v) is 0.452. The van der Waals surface area contributed by atoms with Gasteiger partial charge < -0.3 is 5.11 Å². The number of phenols is 1. The Kier molecular flexibility index (Phi) is 3.86. The molecule has 0 bridgehead atoms. The third kappa shape index (κ3) is 2.35. The van der Waals surface area contributed by atoms with Crippen LogP contribution >= 0.6 is 0 Å². The Morgan fingerprint density at radius 3 is 2.11 bits per heavy atom. The number of rotatable bonds is 0. The molecular weight excluding hydrogens is 130 g/mol. The predicted octanol–water partition coefficient (Wildman–Crippen LogP) is 0.883. The Labute approximate surface area is 74.8 Å². The van der Waals surface area contributed by atoms with Gasteiger partial charge in [-0.15, -0.1) is 0 Å². The maximum atomic E-state index is 12.1. The molecule has 0 saturated carbocycles. The van der Waals surface area contributed by atoms with E-state index in [0.717, 1.165) is 0 Å². The summed E-state index contributed by atoms with van der Waals surface area (Å²) in [5.41, 5.74) is 0. The van der Waals surface area contributed by atoms with Crippen molar-refractivity contribution in [2.24, 2.45) is 0 Å². The van der Waals surface area contributed by atoms with E-state index in [-0.39, 0.29) is 35.3 Å². The average Bonchev–Trinajstić information content (AvgIpc) is 1.77. The van der Waals surface area contributed by atoms with Gasteiger partial charge in [-0.3, -0.25) is 0 Å². The van der Waals surface area contributed by atoms with E-state index in [4.69, 9.17) is 5.11 Å². The van der Waals surface area contributed by atoms with Gasteiger partial charge in [0.25, 0.3) is 0 Å². The van der Waals surface area contributed by atoms with Crippen molar-refractivity contribution >= 4 is 29.6 Å². The third-order valence-electron chi connectivity index (χ3n) is 0.852. The Hall–Kier alpha value is -0.0500. The maximum absolute atomic E-state index is 12.1. The van der Waals surface area contributed by atoms with Crippen molar-refractivity contribution in [1.82, 2.24) is 0 Å². The number of phenolic OH excluding ortho intramolecular Hbond substituents is 1. The van der Waals surface area contributed by atoms with Gasteiger partial charge in [-0.2, -0.15) is 0 Å². The molecule has 0 unspecified atom stereocenters. The molecule has 0 fully saturated rings. The number of para-hydroxylation sites is 1. The van der Waals surface area contributed by atoms with Crippen LogP contribution in [0.1, 0.15) is 0 Å². The van der Waals surface area contributed by atoms with Crippen LogP contribution in [0, 0.1) is 5.82 Å². The molecule has 0 heterocycles. The summed E-state index contributed by atoms with van der Waals surface area (Å²) < 4.78 is 12.1. The quantitative estimate of drug-likeness (QED) is 0.525. The summed E-state index contributed by atoms with van der Waals surface area (Å²) in [6.07, 6.45) is 0. The van der Waals surface area contributed by atoms with Crippen molar-refractivity contribution in [2.45, 2.75) is 0 Å². The second-order valence-corrected chi connectivity index (χ2v) is 1.45. The van der Waals surface area contributed by atoms with E-state index in [9.17, 15) is 4.39 Å². The second kappa shape index (κ2) is 3.88. The number of hydrogen-bond acceptors (Lipinski definition) is 1. The van der Waals surface area contributed by atoms with Crippen LogP contribution in [-0.4, -0.2) is 34.7 Å². The first-order chi connectivity index (χ1) is 3.80. The van der Waals surface area contributed by atoms with Gasteiger partial charge in [0.1, 0.15) is 0 Å². The van der Waals surface area contributed by atoms with Gasteiger partial charge in [0, 0.05) is 0 Å². The number of halogens is 1. The number of hydrogen-bond donors (Lipinski definition) is 1. The number of benzene rings is 1. The Bertz CT molecular complexity index is 169. The molecule has 0 saturated heterocycles. The van der Waals surface area contributed by atoms with Gasteiger partial charge in [0.05, 0.1) is 0 Å². The topological polar surface area (TPSA) is 20.2 Å². The summed E-state index contributed by atoms with van der Waals surface area (Å²) in [7, 11) is 0. The van der Waals surface area contributed by atoms with Crippen LogP contribution in [0.15, 0.2) is 24.3 Å². The van der Waals surface area contributed by atoms with Gasteiger partial charge in [-0.1, -0.05) is 12.1 Å². The van der Waals surface area contributed by atoms with Crippen LogP contribution in [0.2, 0.25) is 0 Å². The van der Waals surface area contributed by atoms with Gasteiger partial charge in [0.15, 0.2) is 11.6 Å². The fraction of sp³-hybridized carbons (Fsp3) is 0. The summed E-state index contributed by atoms with van der Waals surface area (Å²) in [5.74, 6) is -0.875. The average molecular weight is 136 g/mol. The molecule has 0 radical (unpaired) electrons. The molecule has 0 aliphatic heterocycles. The zero-order valence-corrected chi connectivity index (χ0v) is 4.13. The molecule has 0 amide bonds. The zero-order valence-electron chi connectivity index (χ0n) is 4.13. The summed E-state index contributed by atoms with van der Waals surface area (Å²) in [5, 5.41) is 8.54. The fourth-order valence-electron chi connectivity index (χ4n) is 0.452. The van der Waals surface area contributed by atoms with E-state index in [1.165, 1.54) is 18.2 Å². The Balaban J connectivity index is 0.000000640. The van der Waals surface area contributed by atoms with Crippen LogP contribution < -0.4 is 0 Å². The molecule has 1 aromatic rings. The first-order valence-corrected chi connectivity index (χ1v) is 2.24. The minimum atomic E-state index is -0.576. The molecule has 1 rings (SSSR count). The monoisotopic (exact) mass is 136 g/mol.